The van der Waals surface area contributed by atoms with Gasteiger partial charge in [0.05, 0.1) is 0 Å². The molecule has 0 heterocycles. The smallest absolute Gasteiger partial charge is 0.344 e. The average Bonchev–Trinajstić information content (AvgIpc) is 2.66. The van der Waals surface area contributed by atoms with Crippen LogP contribution in [0, 0.1) is 0 Å². The Bertz CT molecular complexity index is 730. The maximum absolute atomic E-state index is 11.9. The minimum absolute atomic E-state index is 0.0716. The number of carbonyl (C=O) groups is 2. The number of esters is 1. The lowest BCUT2D eigenvalue weighted by Crippen LogP contribution is -2.36. The Kier molecular flexibility index (Phi) is 8.36. The molecule has 1 atom stereocenters. The first-order valence-corrected chi connectivity index (χ1v) is 9.28. The van der Waals surface area contributed by atoms with Gasteiger partial charge in [-0.2, -0.15) is 0 Å². The van der Waals surface area contributed by atoms with Crippen molar-refractivity contribution in [2.45, 2.75) is 39.2 Å². The van der Waals surface area contributed by atoms with Gasteiger partial charge < -0.3 is 14.8 Å². The standard InChI is InChI=1S/C22H27NO4/c1-3-9-17(2)23-21(24)15-27-22(25)16-26-20-13-8-7-12-19(20)14-18-10-5-4-6-11-18/h4-8,10-13,17H,3,9,14-16H2,1-2H3,(H,23,24)/t17-/m1/s1. The first kappa shape index (κ1) is 20.5. The Balaban J connectivity index is 1.80. The van der Waals surface area contributed by atoms with Crippen LogP contribution in [0.3, 0.4) is 0 Å². The fraction of sp³-hybridized carbons (Fsp3) is 0.364. The van der Waals surface area contributed by atoms with Crippen LogP contribution in [-0.4, -0.2) is 31.1 Å². The summed E-state index contributed by atoms with van der Waals surface area (Å²) in [6, 6.07) is 17.7. The van der Waals surface area contributed by atoms with Gasteiger partial charge in [0.15, 0.2) is 13.2 Å². The largest absolute Gasteiger partial charge is 0.482 e. The summed E-state index contributed by atoms with van der Waals surface area (Å²) in [6.45, 7) is 3.46. The molecule has 0 saturated carbocycles. The highest BCUT2D eigenvalue weighted by Crippen LogP contribution is 2.21. The number of para-hydroxylation sites is 1. The Morgan fingerprint density at radius 2 is 1.70 bits per heavy atom. The second-order valence-corrected chi connectivity index (χ2v) is 6.48. The number of hydrogen-bond donors (Lipinski definition) is 1. The van der Waals surface area contributed by atoms with Crippen LogP contribution in [0.25, 0.3) is 0 Å². The molecule has 1 N–H and O–H groups in total. The Morgan fingerprint density at radius 3 is 2.44 bits per heavy atom. The number of carbonyl (C=O) groups excluding carboxylic acids is 2. The summed E-state index contributed by atoms with van der Waals surface area (Å²) < 4.78 is 10.6. The van der Waals surface area contributed by atoms with Gasteiger partial charge in [0.2, 0.25) is 0 Å². The lowest BCUT2D eigenvalue weighted by atomic mass is 10.0. The average molecular weight is 369 g/mol. The van der Waals surface area contributed by atoms with E-state index < -0.39 is 5.97 Å². The summed E-state index contributed by atoms with van der Waals surface area (Å²) >= 11 is 0. The maximum Gasteiger partial charge on any atom is 0.344 e. The van der Waals surface area contributed by atoms with E-state index in [-0.39, 0.29) is 25.2 Å². The zero-order valence-corrected chi connectivity index (χ0v) is 15.9. The molecule has 27 heavy (non-hydrogen) atoms. The Labute approximate surface area is 160 Å². The summed E-state index contributed by atoms with van der Waals surface area (Å²) in [5, 5.41) is 2.79. The highest BCUT2D eigenvalue weighted by Gasteiger charge is 2.12. The lowest BCUT2D eigenvalue weighted by Gasteiger charge is -2.13. The van der Waals surface area contributed by atoms with Crippen molar-refractivity contribution in [1.82, 2.24) is 5.32 Å². The van der Waals surface area contributed by atoms with E-state index in [0.717, 1.165) is 24.0 Å². The van der Waals surface area contributed by atoms with Crippen molar-refractivity contribution in [2.75, 3.05) is 13.2 Å². The molecule has 2 aromatic rings. The minimum Gasteiger partial charge on any atom is -0.482 e. The number of hydrogen-bond acceptors (Lipinski definition) is 4. The normalized spacial score (nSPS) is 11.5. The molecule has 0 radical (unpaired) electrons. The van der Waals surface area contributed by atoms with Crippen molar-refractivity contribution < 1.29 is 19.1 Å². The number of rotatable bonds is 10. The lowest BCUT2D eigenvalue weighted by molar-refractivity contribution is -0.150. The Morgan fingerprint density at radius 1 is 1.00 bits per heavy atom. The van der Waals surface area contributed by atoms with E-state index in [2.05, 4.69) is 12.2 Å². The molecular formula is C22H27NO4. The van der Waals surface area contributed by atoms with Crippen molar-refractivity contribution in [3.05, 3.63) is 65.7 Å². The third-order valence-electron chi connectivity index (χ3n) is 4.05. The van der Waals surface area contributed by atoms with Crippen LogP contribution in [0.5, 0.6) is 5.75 Å². The van der Waals surface area contributed by atoms with Crippen LogP contribution < -0.4 is 10.1 Å². The molecule has 2 rings (SSSR count). The zero-order valence-electron chi connectivity index (χ0n) is 15.9. The van der Waals surface area contributed by atoms with Crippen molar-refractivity contribution in [3.63, 3.8) is 0 Å². The summed E-state index contributed by atoms with van der Waals surface area (Å²) in [5.41, 5.74) is 2.15. The molecule has 0 aliphatic rings. The monoisotopic (exact) mass is 369 g/mol. The molecule has 0 aliphatic heterocycles. The molecule has 5 nitrogen and oxygen atoms in total. The summed E-state index contributed by atoms with van der Waals surface area (Å²) in [4.78, 5) is 23.6. The van der Waals surface area contributed by atoms with Gasteiger partial charge in [-0.15, -0.1) is 0 Å². The van der Waals surface area contributed by atoms with Gasteiger partial charge >= 0.3 is 5.97 Å². The molecule has 0 spiro atoms. The van der Waals surface area contributed by atoms with Crippen molar-refractivity contribution in [2.24, 2.45) is 0 Å². The molecule has 144 valence electrons. The predicted octanol–water partition coefficient (Wildman–Crippen LogP) is 3.50. The summed E-state index contributed by atoms with van der Waals surface area (Å²) in [7, 11) is 0. The molecule has 0 saturated heterocycles. The number of benzene rings is 2. The Hall–Kier alpha value is -2.82. The number of amides is 1. The fourth-order valence-electron chi connectivity index (χ4n) is 2.75. The topological polar surface area (TPSA) is 64.6 Å². The maximum atomic E-state index is 11.9. The quantitative estimate of drug-likeness (QED) is 0.651. The van der Waals surface area contributed by atoms with Crippen LogP contribution in [0.15, 0.2) is 54.6 Å². The van der Waals surface area contributed by atoms with E-state index in [1.54, 1.807) is 0 Å². The summed E-state index contributed by atoms with van der Waals surface area (Å²) in [5.74, 6) is -0.226. The fourth-order valence-corrected chi connectivity index (χ4v) is 2.75. The van der Waals surface area contributed by atoms with Crippen molar-refractivity contribution in [3.8, 4) is 5.75 Å². The molecule has 0 fully saturated rings. The highest BCUT2D eigenvalue weighted by atomic mass is 16.6. The van der Waals surface area contributed by atoms with Gasteiger partial charge in [-0.3, -0.25) is 4.79 Å². The molecule has 5 heteroatoms. The van der Waals surface area contributed by atoms with E-state index >= 15 is 0 Å². The first-order chi connectivity index (χ1) is 13.1. The highest BCUT2D eigenvalue weighted by molar-refractivity contribution is 5.81. The predicted molar refractivity (Wildman–Crippen MR) is 105 cm³/mol. The molecule has 0 aromatic heterocycles. The van der Waals surface area contributed by atoms with Crippen LogP contribution >= 0.6 is 0 Å². The number of nitrogens with one attached hydrogen (secondary N) is 1. The second-order valence-electron chi connectivity index (χ2n) is 6.48. The summed E-state index contributed by atoms with van der Waals surface area (Å²) in [6.07, 6.45) is 2.59. The molecule has 0 unspecified atom stereocenters. The third kappa shape index (κ3) is 7.52. The molecular weight excluding hydrogens is 342 g/mol. The second kappa shape index (κ2) is 11.0. The third-order valence-corrected chi connectivity index (χ3v) is 4.05. The van der Waals surface area contributed by atoms with E-state index in [4.69, 9.17) is 9.47 Å². The first-order valence-electron chi connectivity index (χ1n) is 9.28. The van der Waals surface area contributed by atoms with Gasteiger partial charge in [0.1, 0.15) is 5.75 Å². The van der Waals surface area contributed by atoms with Crippen molar-refractivity contribution in [1.29, 1.82) is 0 Å². The van der Waals surface area contributed by atoms with Crippen LogP contribution in [0.4, 0.5) is 0 Å². The van der Waals surface area contributed by atoms with Gasteiger partial charge in [-0.05, 0) is 30.5 Å². The molecule has 1 amide bonds. The van der Waals surface area contributed by atoms with Crippen LogP contribution in [-0.2, 0) is 20.7 Å². The van der Waals surface area contributed by atoms with Gasteiger partial charge in [0.25, 0.3) is 5.91 Å². The SMILES string of the molecule is CCC[C@@H](C)NC(=O)COC(=O)COc1ccccc1Cc1ccccc1. The van der Waals surface area contributed by atoms with E-state index in [1.807, 2.05) is 61.5 Å². The zero-order chi connectivity index (χ0) is 19.5. The van der Waals surface area contributed by atoms with Gasteiger partial charge in [-0.1, -0.05) is 61.9 Å². The molecule has 2 aromatic carbocycles. The van der Waals surface area contributed by atoms with Crippen LogP contribution in [0.2, 0.25) is 0 Å². The van der Waals surface area contributed by atoms with Crippen LogP contribution in [0.1, 0.15) is 37.8 Å². The molecule has 0 aliphatic carbocycles. The number of ether oxygens (including phenoxy) is 2. The minimum atomic E-state index is -0.567. The van der Waals surface area contributed by atoms with Crippen molar-refractivity contribution >= 4 is 11.9 Å². The van der Waals surface area contributed by atoms with Gasteiger partial charge in [-0.25, -0.2) is 4.79 Å². The van der Waals surface area contributed by atoms with E-state index in [1.165, 1.54) is 0 Å². The van der Waals surface area contributed by atoms with E-state index in [0.29, 0.717) is 12.2 Å². The van der Waals surface area contributed by atoms with Gasteiger partial charge in [0, 0.05) is 12.5 Å². The molecule has 0 bridgehead atoms. The van der Waals surface area contributed by atoms with E-state index in [9.17, 15) is 9.59 Å².